The van der Waals surface area contributed by atoms with Crippen LogP contribution in [-0.2, 0) is 0 Å². The highest BCUT2D eigenvalue weighted by Gasteiger charge is 2.15. The third-order valence-corrected chi connectivity index (χ3v) is 4.13. The minimum absolute atomic E-state index is 0.0636. The summed E-state index contributed by atoms with van der Waals surface area (Å²) >= 11 is 6.42. The second-order valence-corrected chi connectivity index (χ2v) is 5.49. The zero-order chi connectivity index (χ0) is 12.4. The number of rotatable bonds is 4. The first-order chi connectivity index (χ1) is 8.13. The normalized spacial score (nSPS) is 12.8. The molecule has 0 amide bonds. The molecule has 2 N–H and O–H groups in total. The van der Waals surface area contributed by atoms with Gasteiger partial charge in [-0.1, -0.05) is 42.8 Å². The summed E-state index contributed by atoms with van der Waals surface area (Å²) in [6.45, 7) is 2.04. The predicted octanol–water partition coefficient (Wildman–Crippen LogP) is 2.69. The van der Waals surface area contributed by atoms with Crippen LogP contribution in [-0.4, -0.2) is 8.95 Å². The molecule has 5 heteroatoms. The Bertz CT molecular complexity index is 600. The van der Waals surface area contributed by atoms with Crippen LogP contribution in [0, 0.1) is 0 Å². The van der Waals surface area contributed by atoms with Gasteiger partial charge in [0.15, 0.2) is 0 Å². The van der Waals surface area contributed by atoms with Crippen molar-refractivity contribution < 1.29 is 0 Å². The van der Waals surface area contributed by atoms with Gasteiger partial charge in [-0.15, -0.1) is 0 Å². The van der Waals surface area contributed by atoms with E-state index in [2.05, 4.69) is 0 Å². The molecule has 0 spiro atoms. The molecule has 3 nitrogen and oxygen atoms in total. The average molecular weight is 266 g/mol. The van der Waals surface area contributed by atoms with Crippen LogP contribution in [0.25, 0.3) is 10.1 Å². The van der Waals surface area contributed by atoms with Gasteiger partial charge in [0.25, 0.3) is 5.56 Å². The van der Waals surface area contributed by atoms with Crippen LogP contribution in [0.15, 0.2) is 29.1 Å². The number of aromatic nitrogens is 1. The summed E-state index contributed by atoms with van der Waals surface area (Å²) in [5.74, 6) is 0. The third-order valence-electron chi connectivity index (χ3n) is 2.75. The second-order valence-electron chi connectivity index (χ2n) is 3.95. The van der Waals surface area contributed by atoms with Gasteiger partial charge in [-0.25, -0.2) is 0 Å². The molecular weight excluding hydrogens is 252 g/mol. The molecule has 90 valence electrons. The summed E-state index contributed by atoms with van der Waals surface area (Å²) < 4.78 is 2.81. The Morgan fingerprint density at radius 2 is 2.24 bits per heavy atom. The van der Waals surface area contributed by atoms with Gasteiger partial charge in [-0.2, -0.15) is 0 Å². The van der Waals surface area contributed by atoms with Crippen LogP contribution in [0.2, 0.25) is 0 Å². The Hall–Kier alpha value is -1.20. The minimum atomic E-state index is 0.0636. The quantitative estimate of drug-likeness (QED) is 0.866. The van der Waals surface area contributed by atoms with Gasteiger partial charge in [0.05, 0.1) is 21.1 Å². The van der Waals surface area contributed by atoms with E-state index in [1.807, 2.05) is 31.2 Å². The molecule has 0 bridgehead atoms. The first-order valence-electron chi connectivity index (χ1n) is 5.52. The largest absolute Gasteiger partial charge is 0.393 e. The number of hydrogen-bond donors (Lipinski definition) is 1. The van der Waals surface area contributed by atoms with Gasteiger partial charge < -0.3 is 5.73 Å². The molecule has 0 aliphatic heterocycles. The molecule has 1 aromatic carbocycles. The SMILES string of the molecule is CCC(CC(N)=S)n1sc2ccccc2c1=O. The number of benzene rings is 1. The summed E-state index contributed by atoms with van der Waals surface area (Å²) in [6.07, 6.45) is 1.43. The van der Waals surface area contributed by atoms with E-state index < -0.39 is 0 Å². The van der Waals surface area contributed by atoms with E-state index in [1.165, 1.54) is 11.5 Å². The molecule has 1 aromatic heterocycles. The van der Waals surface area contributed by atoms with Crippen molar-refractivity contribution in [1.82, 2.24) is 3.96 Å². The lowest BCUT2D eigenvalue weighted by atomic mass is 10.1. The first kappa shape index (κ1) is 12.3. The highest BCUT2D eigenvalue weighted by molar-refractivity contribution is 7.80. The van der Waals surface area contributed by atoms with E-state index >= 15 is 0 Å². The lowest BCUT2D eigenvalue weighted by Crippen LogP contribution is -2.23. The van der Waals surface area contributed by atoms with Crippen molar-refractivity contribution in [3.8, 4) is 0 Å². The van der Waals surface area contributed by atoms with Crippen LogP contribution in [0.3, 0.4) is 0 Å². The Balaban J connectivity index is 2.50. The Kier molecular flexibility index (Phi) is 3.59. The lowest BCUT2D eigenvalue weighted by molar-refractivity contribution is 0.529. The fourth-order valence-corrected chi connectivity index (χ4v) is 3.21. The van der Waals surface area contributed by atoms with Crippen molar-refractivity contribution in [2.45, 2.75) is 25.8 Å². The molecule has 1 atom stereocenters. The highest BCUT2D eigenvalue weighted by atomic mass is 32.1. The van der Waals surface area contributed by atoms with Gasteiger partial charge >= 0.3 is 0 Å². The summed E-state index contributed by atoms with van der Waals surface area (Å²) in [5, 5.41) is 0.777. The minimum Gasteiger partial charge on any atom is -0.393 e. The highest BCUT2D eigenvalue weighted by Crippen LogP contribution is 2.23. The van der Waals surface area contributed by atoms with Crippen molar-refractivity contribution in [2.75, 3.05) is 0 Å². The Morgan fingerprint density at radius 1 is 1.53 bits per heavy atom. The maximum absolute atomic E-state index is 12.2. The van der Waals surface area contributed by atoms with Crippen molar-refractivity contribution in [1.29, 1.82) is 0 Å². The summed E-state index contributed by atoms with van der Waals surface area (Å²) in [5.41, 5.74) is 5.63. The molecule has 17 heavy (non-hydrogen) atoms. The maximum atomic E-state index is 12.2. The van der Waals surface area contributed by atoms with Crippen LogP contribution in [0.5, 0.6) is 0 Å². The molecule has 1 unspecified atom stereocenters. The van der Waals surface area contributed by atoms with Crippen LogP contribution in [0.4, 0.5) is 0 Å². The van der Waals surface area contributed by atoms with Gasteiger partial charge in [-0.3, -0.25) is 8.75 Å². The Morgan fingerprint density at radius 3 is 2.82 bits per heavy atom. The zero-order valence-corrected chi connectivity index (χ0v) is 11.2. The molecule has 2 rings (SSSR count). The van der Waals surface area contributed by atoms with Gasteiger partial charge in [0.1, 0.15) is 0 Å². The maximum Gasteiger partial charge on any atom is 0.268 e. The summed E-state index contributed by atoms with van der Waals surface area (Å²) in [7, 11) is 0. The second kappa shape index (κ2) is 4.98. The molecule has 2 aromatic rings. The van der Waals surface area contributed by atoms with E-state index in [4.69, 9.17) is 18.0 Å². The monoisotopic (exact) mass is 266 g/mol. The summed E-state index contributed by atoms with van der Waals surface area (Å²) in [6, 6.07) is 7.73. The molecule has 0 saturated carbocycles. The van der Waals surface area contributed by atoms with Gasteiger partial charge in [0.2, 0.25) is 0 Å². The summed E-state index contributed by atoms with van der Waals surface area (Å²) in [4.78, 5) is 12.7. The van der Waals surface area contributed by atoms with Crippen molar-refractivity contribution in [2.24, 2.45) is 5.73 Å². The van der Waals surface area contributed by atoms with Crippen molar-refractivity contribution in [3.63, 3.8) is 0 Å². The van der Waals surface area contributed by atoms with Crippen LogP contribution >= 0.6 is 23.8 Å². The van der Waals surface area contributed by atoms with Crippen LogP contribution < -0.4 is 11.3 Å². The molecule has 1 heterocycles. The number of nitrogens with two attached hydrogens (primary N) is 1. The van der Waals surface area contributed by atoms with E-state index in [0.29, 0.717) is 11.4 Å². The lowest BCUT2D eigenvalue weighted by Gasteiger charge is -2.13. The number of hydrogen-bond acceptors (Lipinski definition) is 3. The van der Waals surface area contributed by atoms with E-state index in [-0.39, 0.29) is 11.6 Å². The molecule has 0 radical (unpaired) electrons. The van der Waals surface area contributed by atoms with Gasteiger partial charge in [-0.05, 0) is 18.6 Å². The molecule has 0 fully saturated rings. The van der Waals surface area contributed by atoms with E-state index in [0.717, 1.165) is 16.5 Å². The van der Waals surface area contributed by atoms with Crippen molar-refractivity contribution >= 4 is 38.8 Å². The number of nitrogens with zero attached hydrogens (tertiary/aromatic N) is 1. The van der Waals surface area contributed by atoms with Crippen molar-refractivity contribution in [3.05, 3.63) is 34.6 Å². The topological polar surface area (TPSA) is 48.0 Å². The molecule has 0 saturated heterocycles. The molecular formula is C12H14N2OS2. The van der Waals surface area contributed by atoms with E-state index in [9.17, 15) is 4.79 Å². The molecule has 0 aliphatic carbocycles. The third kappa shape index (κ3) is 2.40. The average Bonchev–Trinajstić information content (AvgIpc) is 2.64. The van der Waals surface area contributed by atoms with Gasteiger partial charge in [0, 0.05) is 6.42 Å². The smallest absolute Gasteiger partial charge is 0.268 e. The van der Waals surface area contributed by atoms with E-state index in [1.54, 1.807) is 3.96 Å². The first-order valence-corrected chi connectivity index (χ1v) is 6.70. The fourth-order valence-electron chi connectivity index (χ4n) is 1.85. The Labute approximate surface area is 109 Å². The predicted molar refractivity (Wildman–Crippen MR) is 76.8 cm³/mol. The fraction of sp³-hybridized carbons (Fsp3) is 0.333. The zero-order valence-electron chi connectivity index (χ0n) is 9.55. The van der Waals surface area contributed by atoms with Crippen LogP contribution in [0.1, 0.15) is 25.8 Å². The number of thiocarbonyl (C=S) groups is 1. The molecule has 0 aliphatic rings. The standard InChI is InChI=1S/C12H14N2OS2/c1-2-8(7-11(13)16)14-12(15)9-5-3-4-6-10(9)17-14/h3-6,8H,2,7H2,1H3,(H2,13,16). The number of fused-ring (bicyclic) bond motifs is 1.